The van der Waals surface area contributed by atoms with Gasteiger partial charge in [-0.05, 0) is 12.8 Å². The SMILES string of the molecule is Cc1nc(CCNc2ncnc(N)c2C(C)C)cs1. The summed E-state index contributed by atoms with van der Waals surface area (Å²) in [6.07, 6.45) is 2.38. The van der Waals surface area contributed by atoms with Crippen molar-refractivity contribution in [2.24, 2.45) is 0 Å². The third-order valence-corrected chi connectivity index (χ3v) is 3.65. The van der Waals surface area contributed by atoms with E-state index < -0.39 is 0 Å². The van der Waals surface area contributed by atoms with Crippen LogP contribution in [0, 0.1) is 6.92 Å². The number of nitrogens with two attached hydrogens (primary N) is 1. The lowest BCUT2D eigenvalue weighted by Gasteiger charge is -2.14. The van der Waals surface area contributed by atoms with Crippen molar-refractivity contribution in [1.82, 2.24) is 15.0 Å². The van der Waals surface area contributed by atoms with E-state index in [0.29, 0.717) is 11.7 Å². The van der Waals surface area contributed by atoms with Gasteiger partial charge in [-0.25, -0.2) is 15.0 Å². The second-order valence-electron chi connectivity index (χ2n) is 4.71. The maximum Gasteiger partial charge on any atom is 0.134 e. The minimum atomic E-state index is 0.296. The minimum absolute atomic E-state index is 0.296. The number of aromatic nitrogens is 3. The number of hydrogen-bond donors (Lipinski definition) is 2. The molecule has 102 valence electrons. The van der Waals surface area contributed by atoms with E-state index in [9.17, 15) is 0 Å². The van der Waals surface area contributed by atoms with Crippen LogP contribution >= 0.6 is 11.3 Å². The summed E-state index contributed by atoms with van der Waals surface area (Å²) in [4.78, 5) is 12.8. The van der Waals surface area contributed by atoms with E-state index in [2.05, 4.69) is 39.5 Å². The summed E-state index contributed by atoms with van der Waals surface area (Å²) in [7, 11) is 0. The van der Waals surface area contributed by atoms with E-state index >= 15 is 0 Å². The molecule has 5 nitrogen and oxygen atoms in total. The van der Waals surface area contributed by atoms with Crippen LogP contribution in [0.3, 0.4) is 0 Å². The lowest BCUT2D eigenvalue weighted by Crippen LogP contribution is -2.12. The minimum Gasteiger partial charge on any atom is -0.383 e. The third kappa shape index (κ3) is 3.41. The Balaban J connectivity index is 2.01. The maximum atomic E-state index is 5.91. The number of nitrogen functional groups attached to an aromatic ring is 1. The molecular formula is C13H19N5S. The van der Waals surface area contributed by atoms with E-state index in [-0.39, 0.29) is 0 Å². The zero-order chi connectivity index (χ0) is 13.8. The Hall–Kier alpha value is -1.69. The van der Waals surface area contributed by atoms with Crippen LogP contribution in [0.4, 0.5) is 11.6 Å². The number of nitrogens with one attached hydrogen (secondary N) is 1. The fourth-order valence-corrected chi connectivity index (χ4v) is 2.60. The van der Waals surface area contributed by atoms with Gasteiger partial charge in [-0.1, -0.05) is 13.8 Å². The zero-order valence-corrected chi connectivity index (χ0v) is 12.3. The number of rotatable bonds is 5. The Morgan fingerprint density at radius 3 is 2.79 bits per heavy atom. The molecule has 0 saturated heterocycles. The fourth-order valence-electron chi connectivity index (χ4n) is 1.95. The van der Waals surface area contributed by atoms with Crippen LogP contribution in [-0.2, 0) is 6.42 Å². The quantitative estimate of drug-likeness (QED) is 0.878. The summed E-state index contributed by atoms with van der Waals surface area (Å²) in [5.41, 5.74) is 8.00. The average molecular weight is 277 g/mol. The van der Waals surface area contributed by atoms with Crippen LogP contribution in [0.15, 0.2) is 11.7 Å². The molecule has 3 N–H and O–H groups in total. The summed E-state index contributed by atoms with van der Waals surface area (Å²) < 4.78 is 0. The molecule has 2 rings (SSSR count). The predicted octanol–water partition coefficient (Wildman–Crippen LogP) is 2.60. The van der Waals surface area contributed by atoms with Gasteiger partial charge in [0.25, 0.3) is 0 Å². The molecule has 0 aliphatic rings. The smallest absolute Gasteiger partial charge is 0.134 e. The molecule has 0 saturated carbocycles. The fraction of sp³-hybridized carbons (Fsp3) is 0.462. The third-order valence-electron chi connectivity index (χ3n) is 2.83. The monoisotopic (exact) mass is 277 g/mol. The normalized spacial score (nSPS) is 10.9. The van der Waals surface area contributed by atoms with E-state index in [0.717, 1.165) is 35.0 Å². The Labute approximate surface area is 117 Å². The lowest BCUT2D eigenvalue weighted by atomic mass is 10.0. The van der Waals surface area contributed by atoms with Gasteiger partial charge in [0.15, 0.2) is 0 Å². The van der Waals surface area contributed by atoms with Gasteiger partial charge < -0.3 is 11.1 Å². The molecule has 0 radical (unpaired) electrons. The summed E-state index contributed by atoms with van der Waals surface area (Å²) in [6.45, 7) is 6.98. The molecule has 19 heavy (non-hydrogen) atoms. The van der Waals surface area contributed by atoms with Gasteiger partial charge in [0, 0.05) is 23.9 Å². The van der Waals surface area contributed by atoms with Gasteiger partial charge in [0.1, 0.15) is 18.0 Å². The lowest BCUT2D eigenvalue weighted by molar-refractivity contribution is 0.846. The predicted molar refractivity (Wildman–Crippen MR) is 79.6 cm³/mol. The summed E-state index contributed by atoms with van der Waals surface area (Å²) in [5.74, 6) is 1.68. The van der Waals surface area contributed by atoms with Crippen molar-refractivity contribution in [1.29, 1.82) is 0 Å². The van der Waals surface area contributed by atoms with Crippen molar-refractivity contribution in [2.75, 3.05) is 17.6 Å². The number of thiazole rings is 1. The van der Waals surface area contributed by atoms with Crippen molar-refractivity contribution in [3.8, 4) is 0 Å². The van der Waals surface area contributed by atoms with Gasteiger partial charge in [0.2, 0.25) is 0 Å². The molecule has 0 aromatic carbocycles. The molecule has 0 spiro atoms. The van der Waals surface area contributed by atoms with Gasteiger partial charge in [-0.2, -0.15) is 0 Å². The highest BCUT2D eigenvalue weighted by molar-refractivity contribution is 7.09. The first-order valence-electron chi connectivity index (χ1n) is 6.33. The molecule has 0 bridgehead atoms. The first-order valence-corrected chi connectivity index (χ1v) is 7.21. The van der Waals surface area contributed by atoms with Crippen molar-refractivity contribution < 1.29 is 0 Å². The number of hydrogen-bond acceptors (Lipinski definition) is 6. The van der Waals surface area contributed by atoms with Crippen molar-refractivity contribution >= 4 is 23.0 Å². The highest BCUT2D eigenvalue weighted by Gasteiger charge is 2.12. The first-order chi connectivity index (χ1) is 9.08. The Morgan fingerprint density at radius 1 is 1.37 bits per heavy atom. The molecule has 0 amide bonds. The largest absolute Gasteiger partial charge is 0.383 e. The van der Waals surface area contributed by atoms with Gasteiger partial charge in [-0.15, -0.1) is 11.3 Å². The molecule has 0 fully saturated rings. The molecule has 2 aromatic heterocycles. The molecular weight excluding hydrogens is 258 g/mol. The Morgan fingerprint density at radius 2 is 2.16 bits per heavy atom. The summed E-state index contributed by atoms with van der Waals surface area (Å²) in [6, 6.07) is 0. The van der Waals surface area contributed by atoms with E-state index in [1.807, 2.05) is 6.92 Å². The number of aryl methyl sites for hydroxylation is 1. The number of anilines is 2. The summed E-state index contributed by atoms with van der Waals surface area (Å²) in [5, 5.41) is 6.52. The molecule has 0 atom stereocenters. The molecule has 0 aliphatic heterocycles. The van der Waals surface area contributed by atoms with Crippen LogP contribution in [0.1, 0.15) is 36.0 Å². The van der Waals surface area contributed by atoms with Crippen LogP contribution in [0.25, 0.3) is 0 Å². The number of nitrogens with zero attached hydrogens (tertiary/aromatic N) is 3. The van der Waals surface area contributed by atoms with E-state index in [1.54, 1.807) is 11.3 Å². The van der Waals surface area contributed by atoms with Crippen LogP contribution in [0.2, 0.25) is 0 Å². The highest BCUT2D eigenvalue weighted by atomic mass is 32.1. The Kier molecular flexibility index (Phi) is 4.31. The Bertz CT molecular complexity index is 550. The average Bonchev–Trinajstić information content (AvgIpc) is 2.74. The van der Waals surface area contributed by atoms with Gasteiger partial charge in [-0.3, -0.25) is 0 Å². The van der Waals surface area contributed by atoms with Crippen molar-refractivity contribution in [2.45, 2.75) is 33.1 Å². The summed E-state index contributed by atoms with van der Waals surface area (Å²) >= 11 is 1.68. The van der Waals surface area contributed by atoms with Crippen LogP contribution < -0.4 is 11.1 Å². The highest BCUT2D eigenvalue weighted by Crippen LogP contribution is 2.26. The molecule has 2 aromatic rings. The zero-order valence-electron chi connectivity index (χ0n) is 11.5. The van der Waals surface area contributed by atoms with Crippen molar-refractivity contribution in [3.63, 3.8) is 0 Å². The topological polar surface area (TPSA) is 76.7 Å². The van der Waals surface area contributed by atoms with Gasteiger partial charge >= 0.3 is 0 Å². The molecule has 0 unspecified atom stereocenters. The van der Waals surface area contributed by atoms with Crippen LogP contribution in [0.5, 0.6) is 0 Å². The van der Waals surface area contributed by atoms with E-state index in [4.69, 9.17) is 5.73 Å². The standard InChI is InChI=1S/C13H19N5S/c1-8(2)11-12(14)16-7-17-13(11)15-5-4-10-6-19-9(3)18-10/h6-8H,4-5H2,1-3H3,(H3,14,15,16,17). The second-order valence-corrected chi connectivity index (χ2v) is 5.77. The van der Waals surface area contributed by atoms with Crippen LogP contribution in [-0.4, -0.2) is 21.5 Å². The maximum absolute atomic E-state index is 5.91. The molecule has 2 heterocycles. The molecule has 0 aliphatic carbocycles. The second kappa shape index (κ2) is 5.97. The van der Waals surface area contributed by atoms with Gasteiger partial charge in [0.05, 0.1) is 10.7 Å². The first kappa shape index (κ1) is 13.7. The van der Waals surface area contributed by atoms with E-state index in [1.165, 1.54) is 6.33 Å². The molecule has 6 heteroatoms. The van der Waals surface area contributed by atoms with Crippen molar-refractivity contribution in [3.05, 3.63) is 28.0 Å².